The number of imidazole rings is 1. The first-order valence-electron chi connectivity index (χ1n) is 9.53. The molecule has 3 rings (SSSR count). The van der Waals surface area contributed by atoms with Gasteiger partial charge in [0, 0.05) is 46.4 Å². The van der Waals surface area contributed by atoms with E-state index in [-0.39, 0.29) is 11.8 Å². The van der Waals surface area contributed by atoms with Gasteiger partial charge < -0.3 is 24.4 Å². The van der Waals surface area contributed by atoms with Gasteiger partial charge in [0.15, 0.2) is 5.82 Å². The number of rotatable bonds is 6. The van der Waals surface area contributed by atoms with Crippen LogP contribution < -0.4 is 5.32 Å². The number of amides is 2. The van der Waals surface area contributed by atoms with Crippen molar-refractivity contribution < 1.29 is 14.3 Å². The number of carbonyl (C=O) groups is 2. The van der Waals surface area contributed by atoms with Gasteiger partial charge in [-0.05, 0) is 25.8 Å². The van der Waals surface area contributed by atoms with E-state index in [1.54, 1.807) is 7.11 Å². The van der Waals surface area contributed by atoms with Crippen LogP contribution in [0.1, 0.15) is 46.6 Å². The van der Waals surface area contributed by atoms with Crippen LogP contribution in [0.25, 0.3) is 0 Å². The fraction of sp³-hybridized carbons (Fsp3) is 0.722. The molecule has 0 unspecified atom stereocenters. The quantitative estimate of drug-likeness (QED) is 0.739. The minimum absolute atomic E-state index is 0.0557. The minimum Gasteiger partial charge on any atom is -0.383 e. The van der Waals surface area contributed by atoms with E-state index >= 15 is 0 Å². The maximum atomic E-state index is 13.0. The fourth-order valence-electron chi connectivity index (χ4n) is 3.65. The number of hydrogen-bond donors (Lipinski definition) is 1. The van der Waals surface area contributed by atoms with Gasteiger partial charge in [-0.25, -0.2) is 4.98 Å². The van der Waals surface area contributed by atoms with Crippen molar-refractivity contribution in [1.82, 2.24) is 24.7 Å². The van der Waals surface area contributed by atoms with Crippen molar-refractivity contribution in [3.05, 3.63) is 17.2 Å². The van der Waals surface area contributed by atoms with Gasteiger partial charge >= 0.3 is 0 Å². The van der Waals surface area contributed by atoms with Crippen LogP contribution in [-0.2, 0) is 17.7 Å². The fourth-order valence-corrected chi connectivity index (χ4v) is 3.65. The standard InChI is InChI=1S/C18H29N5O3/c1-3-21-9-11-22(12-10-21)18(25)16-20-15(17(24)19-7-13-26-2)14-6-4-5-8-23(14)16/h3-13H2,1-2H3,(H,19,24). The zero-order valence-electron chi connectivity index (χ0n) is 15.8. The first kappa shape index (κ1) is 18.8. The smallest absolute Gasteiger partial charge is 0.289 e. The largest absolute Gasteiger partial charge is 0.383 e. The van der Waals surface area contributed by atoms with Crippen LogP contribution in [0.4, 0.5) is 0 Å². The number of hydrogen-bond acceptors (Lipinski definition) is 5. The summed E-state index contributed by atoms with van der Waals surface area (Å²) in [5, 5.41) is 2.82. The van der Waals surface area contributed by atoms with E-state index in [4.69, 9.17) is 4.74 Å². The predicted octanol–water partition coefficient (Wildman–Crippen LogP) is 0.373. The number of aromatic nitrogens is 2. The van der Waals surface area contributed by atoms with Gasteiger partial charge in [-0.2, -0.15) is 0 Å². The van der Waals surface area contributed by atoms with Gasteiger partial charge in [-0.1, -0.05) is 6.92 Å². The summed E-state index contributed by atoms with van der Waals surface area (Å²) in [6.45, 7) is 7.99. The summed E-state index contributed by atoms with van der Waals surface area (Å²) < 4.78 is 6.94. The maximum Gasteiger partial charge on any atom is 0.289 e. The second kappa shape index (κ2) is 8.64. The molecule has 8 heteroatoms. The second-order valence-corrected chi connectivity index (χ2v) is 6.81. The number of nitrogens with one attached hydrogen (secondary N) is 1. The number of carbonyl (C=O) groups excluding carboxylic acids is 2. The van der Waals surface area contributed by atoms with E-state index in [2.05, 4.69) is 22.1 Å². The summed E-state index contributed by atoms with van der Waals surface area (Å²) in [5.41, 5.74) is 1.29. The molecule has 8 nitrogen and oxygen atoms in total. The van der Waals surface area contributed by atoms with Gasteiger partial charge in [-0.15, -0.1) is 0 Å². The van der Waals surface area contributed by atoms with Crippen molar-refractivity contribution in [3.63, 3.8) is 0 Å². The molecular weight excluding hydrogens is 334 g/mol. The molecule has 0 bridgehead atoms. The van der Waals surface area contributed by atoms with E-state index in [0.717, 1.165) is 51.1 Å². The molecule has 2 amide bonds. The maximum absolute atomic E-state index is 13.0. The molecule has 144 valence electrons. The van der Waals surface area contributed by atoms with Crippen molar-refractivity contribution in [2.24, 2.45) is 0 Å². The Morgan fingerprint density at radius 3 is 2.62 bits per heavy atom. The lowest BCUT2D eigenvalue weighted by atomic mass is 10.1. The molecule has 1 aromatic rings. The zero-order chi connectivity index (χ0) is 18.5. The third-order valence-electron chi connectivity index (χ3n) is 5.22. The molecule has 0 aromatic carbocycles. The average molecular weight is 363 g/mol. The number of fused-ring (bicyclic) bond motifs is 1. The highest BCUT2D eigenvalue weighted by Gasteiger charge is 2.30. The highest BCUT2D eigenvalue weighted by atomic mass is 16.5. The lowest BCUT2D eigenvalue weighted by molar-refractivity contribution is 0.0625. The number of likely N-dealkylation sites (N-methyl/N-ethyl adjacent to an activating group) is 1. The number of ether oxygens (including phenoxy) is 1. The highest BCUT2D eigenvalue weighted by Crippen LogP contribution is 2.22. The first-order valence-corrected chi connectivity index (χ1v) is 9.53. The van der Waals surface area contributed by atoms with Gasteiger partial charge in [-0.3, -0.25) is 9.59 Å². The Morgan fingerprint density at radius 2 is 1.92 bits per heavy atom. The SMILES string of the molecule is CCN1CCN(C(=O)c2nc(C(=O)NCCOC)c3n2CCCC3)CC1. The van der Waals surface area contributed by atoms with Crippen LogP contribution in [0.3, 0.4) is 0 Å². The van der Waals surface area contributed by atoms with Gasteiger partial charge in [0.1, 0.15) is 5.69 Å². The predicted molar refractivity (Wildman–Crippen MR) is 97.4 cm³/mol. The summed E-state index contributed by atoms with van der Waals surface area (Å²) >= 11 is 0. The van der Waals surface area contributed by atoms with E-state index in [9.17, 15) is 9.59 Å². The highest BCUT2D eigenvalue weighted by molar-refractivity contribution is 5.97. The zero-order valence-corrected chi connectivity index (χ0v) is 15.8. The van der Waals surface area contributed by atoms with Crippen molar-refractivity contribution in [2.45, 2.75) is 32.7 Å². The average Bonchev–Trinajstić information content (AvgIpc) is 3.07. The lowest BCUT2D eigenvalue weighted by Gasteiger charge is -2.34. The third kappa shape index (κ3) is 3.91. The summed E-state index contributed by atoms with van der Waals surface area (Å²) in [7, 11) is 1.60. The number of piperazine rings is 1. The molecule has 1 aromatic heterocycles. The summed E-state index contributed by atoms with van der Waals surface area (Å²) in [4.78, 5) is 34.2. The van der Waals surface area contributed by atoms with E-state index in [1.807, 2.05) is 9.47 Å². The van der Waals surface area contributed by atoms with Crippen LogP contribution in [0, 0.1) is 0 Å². The van der Waals surface area contributed by atoms with Gasteiger partial charge in [0.05, 0.1) is 12.3 Å². The van der Waals surface area contributed by atoms with Crippen LogP contribution in [0.15, 0.2) is 0 Å². The lowest BCUT2D eigenvalue weighted by Crippen LogP contribution is -2.49. The topological polar surface area (TPSA) is 79.7 Å². The summed E-state index contributed by atoms with van der Waals surface area (Å²) in [6, 6.07) is 0. The Labute approximate surface area is 154 Å². The first-order chi connectivity index (χ1) is 12.7. The van der Waals surface area contributed by atoms with Crippen LogP contribution in [-0.4, -0.2) is 84.2 Å². The number of nitrogens with zero attached hydrogens (tertiary/aromatic N) is 4. The second-order valence-electron chi connectivity index (χ2n) is 6.81. The van der Waals surface area contributed by atoms with Crippen molar-refractivity contribution in [3.8, 4) is 0 Å². The van der Waals surface area contributed by atoms with Crippen LogP contribution in [0.5, 0.6) is 0 Å². The van der Waals surface area contributed by atoms with Crippen molar-refractivity contribution >= 4 is 11.8 Å². The molecule has 26 heavy (non-hydrogen) atoms. The third-order valence-corrected chi connectivity index (χ3v) is 5.22. The van der Waals surface area contributed by atoms with E-state index in [0.29, 0.717) is 37.8 Å². The minimum atomic E-state index is -0.220. The van der Waals surface area contributed by atoms with Crippen LogP contribution >= 0.6 is 0 Å². The van der Waals surface area contributed by atoms with E-state index < -0.39 is 0 Å². The molecule has 2 aliphatic heterocycles. The Kier molecular flexibility index (Phi) is 6.26. The van der Waals surface area contributed by atoms with Crippen LogP contribution in [0.2, 0.25) is 0 Å². The molecule has 0 radical (unpaired) electrons. The van der Waals surface area contributed by atoms with Gasteiger partial charge in [0.25, 0.3) is 11.8 Å². The van der Waals surface area contributed by atoms with Gasteiger partial charge in [0.2, 0.25) is 0 Å². The molecule has 0 spiro atoms. The Balaban J connectivity index is 1.79. The monoisotopic (exact) mass is 363 g/mol. The molecular formula is C18H29N5O3. The molecule has 1 N–H and O–H groups in total. The summed E-state index contributed by atoms with van der Waals surface area (Å²) in [5.74, 6) is 0.143. The van der Waals surface area contributed by atoms with Crippen molar-refractivity contribution in [2.75, 3.05) is 53.0 Å². The number of methoxy groups -OCH3 is 1. The molecule has 1 saturated heterocycles. The van der Waals surface area contributed by atoms with E-state index in [1.165, 1.54) is 0 Å². The summed E-state index contributed by atoms with van der Waals surface area (Å²) in [6.07, 6.45) is 2.82. The molecule has 0 atom stereocenters. The molecule has 2 aliphatic rings. The molecule has 0 saturated carbocycles. The Morgan fingerprint density at radius 1 is 1.15 bits per heavy atom. The Hall–Kier alpha value is -1.93. The normalized spacial score (nSPS) is 17.8. The van der Waals surface area contributed by atoms with Crippen molar-refractivity contribution in [1.29, 1.82) is 0 Å². The molecule has 1 fully saturated rings. The molecule has 0 aliphatic carbocycles. The Bertz CT molecular complexity index is 649. The molecule has 3 heterocycles.